The van der Waals surface area contributed by atoms with Gasteiger partial charge in [0.1, 0.15) is 5.75 Å². The van der Waals surface area contributed by atoms with Gasteiger partial charge in [-0.15, -0.1) is 0 Å². The van der Waals surface area contributed by atoms with Gasteiger partial charge in [0.25, 0.3) is 0 Å². The molecule has 0 radical (unpaired) electrons. The molecular weight excluding hydrogens is 452 g/mol. The van der Waals surface area contributed by atoms with Crippen LogP contribution in [0, 0.1) is 0 Å². The second-order valence-corrected chi connectivity index (χ2v) is 9.53. The molecule has 0 aromatic heterocycles. The summed E-state index contributed by atoms with van der Waals surface area (Å²) in [5.41, 5.74) is 3.94. The molecule has 1 unspecified atom stereocenters. The fraction of sp³-hybridized carbons (Fsp3) is 0.600. The number of aliphatic hydroxyl groups excluding tert-OH is 2. The maximum atomic E-state index is 10.3. The molecular formula is C30H48N2O4. The number of ether oxygens (including phenoxy) is 1. The fourth-order valence-corrected chi connectivity index (χ4v) is 4.26. The predicted molar refractivity (Wildman–Crippen MR) is 147 cm³/mol. The third kappa shape index (κ3) is 11.8. The molecule has 0 spiro atoms. The SMILES string of the molecule is CCN(CC)Cc1ccc(CCCCOCCCCCCNCC(O)c2ccc(O)c(CO)c2)cc1. The smallest absolute Gasteiger partial charge is 0.121 e. The zero-order chi connectivity index (χ0) is 26.0. The molecule has 0 saturated heterocycles. The summed E-state index contributed by atoms with van der Waals surface area (Å²) >= 11 is 0. The van der Waals surface area contributed by atoms with Gasteiger partial charge < -0.3 is 25.4 Å². The number of aryl methyl sites for hydroxylation is 1. The Bertz CT molecular complexity index is 824. The second kappa shape index (κ2) is 18.3. The highest BCUT2D eigenvalue weighted by atomic mass is 16.5. The van der Waals surface area contributed by atoms with Gasteiger partial charge in [-0.25, -0.2) is 0 Å². The molecule has 0 amide bonds. The largest absolute Gasteiger partial charge is 0.508 e. The van der Waals surface area contributed by atoms with E-state index in [1.54, 1.807) is 12.1 Å². The monoisotopic (exact) mass is 500 g/mol. The van der Waals surface area contributed by atoms with Gasteiger partial charge in [0, 0.05) is 31.9 Å². The molecule has 0 aliphatic carbocycles. The maximum absolute atomic E-state index is 10.3. The van der Waals surface area contributed by atoms with Crippen LogP contribution in [0.1, 0.15) is 80.7 Å². The summed E-state index contributed by atoms with van der Waals surface area (Å²) < 4.78 is 5.80. The molecule has 202 valence electrons. The molecule has 0 fully saturated rings. The van der Waals surface area contributed by atoms with Crippen molar-refractivity contribution in [1.29, 1.82) is 0 Å². The number of hydrogen-bond acceptors (Lipinski definition) is 6. The van der Waals surface area contributed by atoms with Crippen LogP contribution in [0.3, 0.4) is 0 Å². The van der Waals surface area contributed by atoms with Gasteiger partial charge in [-0.1, -0.05) is 57.0 Å². The van der Waals surface area contributed by atoms with E-state index in [0.29, 0.717) is 17.7 Å². The standard InChI is InChI=1S/C30H48N2O4/c1-3-32(4-2)23-26-14-12-25(13-15-26)11-7-10-20-36-19-9-6-5-8-18-31-22-30(35)27-16-17-29(34)28(21-27)24-33/h12-17,21,30-31,33-35H,3-11,18-20,22-24H2,1-2H3. The Balaban J connectivity index is 1.41. The van der Waals surface area contributed by atoms with E-state index in [9.17, 15) is 15.3 Å². The number of rotatable bonds is 20. The first-order valence-electron chi connectivity index (χ1n) is 13.8. The average molecular weight is 501 g/mol. The normalized spacial score (nSPS) is 12.4. The van der Waals surface area contributed by atoms with Crippen LogP contribution in [0.15, 0.2) is 42.5 Å². The molecule has 2 aromatic carbocycles. The number of aliphatic hydroxyl groups is 2. The summed E-state index contributed by atoms with van der Waals surface area (Å²) in [7, 11) is 0. The van der Waals surface area contributed by atoms with Crippen molar-refractivity contribution in [2.45, 2.75) is 78.0 Å². The number of benzene rings is 2. The quantitative estimate of drug-likeness (QED) is 0.193. The second-order valence-electron chi connectivity index (χ2n) is 9.53. The summed E-state index contributed by atoms with van der Waals surface area (Å²) in [6.07, 6.45) is 7.19. The van der Waals surface area contributed by atoms with Gasteiger partial charge >= 0.3 is 0 Å². The fourth-order valence-electron chi connectivity index (χ4n) is 4.26. The van der Waals surface area contributed by atoms with E-state index in [0.717, 1.165) is 77.9 Å². The number of phenols is 1. The molecule has 0 aliphatic rings. The molecule has 0 bridgehead atoms. The molecule has 6 heteroatoms. The van der Waals surface area contributed by atoms with Gasteiger partial charge in [0.15, 0.2) is 0 Å². The molecule has 1 atom stereocenters. The van der Waals surface area contributed by atoms with Crippen molar-refractivity contribution >= 4 is 0 Å². The summed E-state index contributed by atoms with van der Waals surface area (Å²) in [6.45, 7) is 10.4. The highest BCUT2D eigenvalue weighted by molar-refractivity contribution is 5.36. The minimum atomic E-state index is -0.652. The third-order valence-electron chi connectivity index (χ3n) is 6.72. The van der Waals surface area contributed by atoms with Gasteiger partial charge in [-0.2, -0.15) is 0 Å². The Labute approximate surface area is 218 Å². The van der Waals surface area contributed by atoms with Gasteiger partial charge in [-0.05, 0) is 80.6 Å². The van der Waals surface area contributed by atoms with Crippen LogP contribution in [0.25, 0.3) is 0 Å². The molecule has 0 heterocycles. The van der Waals surface area contributed by atoms with Crippen LogP contribution in [-0.2, 0) is 24.3 Å². The zero-order valence-electron chi connectivity index (χ0n) is 22.4. The lowest BCUT2D eigenvalue weighted by molar-refractivity contribution is 0.126. The van der Waals surface area contributed by atoms with Crippen molar-refractivity contribution in [2.75, 3.05) is 39.4 Å². The maximum Gasteiger partial charge on any atom is 0.121 e. The van der Waals surface area contributed by atoms with E-state index in [1.165, 1.54) is 23.6 Å². The first-order valence-corrected chi connectivity index (χ1v) is 13.8. The Morgan fingerprint density at radius 2 is 1.53 bits per heavy atom. The van der Waals surface area contributed by atoms with Crippen molar-refractivity contribution in [3.8, 4) is 5.75 Å². The van der Waals surface area contributed by atoms with E-state index in [1.807, 2.05) is 0 Å². The van der Waals surface area contributed by atoms with Crippen molar-refractivity contribution in [1.82, 2.24) is 10.2 Å². The third-order valence-corrected chi connectivity index (χ3v) is 6.72. The van der Waals surface area contributed by atoms with Gasteiger partial charge in [0.05, 0.1) is 12.7 Å². The van der Waals surface area contributed by atoms with Crippen LogP contribution in [0.4, 0.5) is 0 Å². The molecule has 2 rings (SSSR count). The molecule has 0 saturated carbocycles. The van der Waals surface area contributed by atoms with Crippen LogP contribution in [0.5, 0.6) is 5.75 Å². The van der Waals surface area contributed by atoms with Crippen LogP contribution < -0.4 is 5.32 Å². The lowest BCUT2D eigenvalue weighted by atomic mass is 10.1. The van der Waals surface area contributed by atoms with Crippen molar-refractivity contribution in [3.63, 3.8) is 0 Å². The molecule has 2 aromatic rings. The van der Waals surface area contributed by atoms with Crippen LogP contribution in [-0.4, -0.2) is 59.6 Å². The number of nitrogens with one attached hydrogen (secondary N) is 1. The minimum Gasteiger partial charge on any atom is -0.508 e. The summed E-state index contributed by atoms with van der Waals surface area (Å²) in [6, 6.07) is 13.9. The van der Waals surface area contributed by atoms with E-state index in [-0.39, 0.29) is 12.4 Å². The lowest BCUT2D eigenvalue weighted by Gasteiger charge is -2.18. The average Bonchev–Trinajstić information content (AvgIpc) is 2.90. The molecule has 6 nitrogen and oxygen atoms in total. The number of hydrogen-bond donors (Lipinski definition) is 4. The Morgan fingerprint density at radius 1 is 0.861 bits per heavy atom. The Kier molecular flexibility index (Phi) is 15.4. The Hall–Kier alpha value is -1.96. The van der Waals surface area contributed by atoms with E-state index in [2.05, 4.69) is 48.3 Å². The molecule has 4 N–H and O–H groups in total. The van der Waals surface area contributed by atoms with E-state index >= 15 is 0 Å². The van der Waals surface area contributed by atoms with Crippen LogP contribution in [0.2, 0.25) is 0 Å². The van der Waals surface area contributed by atoms with Gasteiger partial charge in [-0.3, -0.25) is 4.90 Å². The minimum absolute atomic E-state index is 0.0533. The first kappa shape index (κ1) is 30.3. The Morgan fingerprint density at radius 3 is 2.22 bits per heavy atom. The van der Waals surface area contributed by atoms with Crippen LogP contribution >= 0.6 is 0 Å². The van der Waals surface area contributed by atoms with E-state index < -0.39 is 6.10 Å². The van der Waals surface area contributed by atoms with E-state index in [4.69, 9.17) is 4.74 Å². The molecule has 0 aliphatic heterocycles. The van der Waals surface area contributed by atoms with Crippen molar-refractivity contribution in [2.24, 2.45) is 0 Å². The lowest BCUT2D eigenvalue weighted by Crippen LogP contribution is -2.22. The summed E-state index contributed by atoms with van der Waals surface area (Å²) in [4.78, 5) is 2.44. The van der Waals surface area contributed by atoms with Crippen molar-refractivity contribution in [3.05, 3.63) is 64.7 Å². The topological polar surface area (TPSA) is 85.2 Å². The van der Waals surface area contributed by atoms with Crippen molar-refractivity contribution < 1.29 is 20.1 Å². The number of nitrogens with zero attached hydrogens (tertiary/aromatic N) is 1. The number of unbranched alkanes of at least 4 members (excludes halogenated alkanes) is 4. The summed E-state index contributed by atoms with van der Waals surface area (Å²) in [5, 5.41) is 32.4. The van der Waals surface area contributed by atoms with Gasteiger partial charge in [0.2, 0.25) is 0 Å². The zero-order valence-corrected chi connectivity index (χ0v) is 22.4. The predicted octanol–water partition coefficient (Wildman–Crippen LogP) is 4.95. The first-order chi connectivity index (χ1) is 17.6. The summed E-state index contributed by atoms with van der Waals surface area (Å²) in [5.74, 6) is 0.0533. The number of aromatic hydroxyl groups is 1. The highest BCUT2D eigenvalue weighted by Crippen LogP contribution is 2.22. The molecule has 36 heavy (non-hydrogen) atoms. The highest BCUT2D eigenvalue weighted by Gasteiger charge is 2.10.